The molecule has 3 amide bonds. The van der Waals surface area contributed by atoms with Gasteiger partial charge in [-0.15, -0.1) is 0 Å². The number of carbonyl (C=O) groups excluding carboxylic acids is 3. The summed E-state index contributed by atoms with van der Waals surface area (Å²) in [5, 5.41) is 2.94. The van der Waals surface area contributed by atoms with Crippen molar-refractivity contribution in [1.82, 2.24) is 10.2 Å². The summed E-state index contributed by atoms with van der Waals surface area (Å²) in [5.41, 5.74) is 1.95. The Balaban J connectivity index is 1.34. The molecule has 0 saturated carbocycles. The molecule has 71 heavy (non-hydrogen) atoms. The molecule has 0 bridgehead atoms. The van der Waals surface area contributed by atoms with Crippen LogP contribution in [0.3, 0.4) is 0 Å². The minimum Gasteiger partial charge on any atom is -0.744 e. The van der Waals surface area contributed by atoms with Gasteiger partial charge in [0.05, 0.1) is 21.0 Å². The molecule has 3 heterocycles. The molecular formula is C48H62N4O15S4. The maximum absolute atomic E-state index is 12.6. The second-order valence-electron chi connectivity index (χ2n) is 18.6. The van der Waals surface area contributed by atoms with Crippen LogP contribution in [0.15, 0.2) is 106 Å². The SMILES string of the molecule is CC1(C)C(/C=C/C=C(/C=C/C=C2/N(CCS(=O)(=O)O)c3ccc(S(=O)(=O)O)cc3C2(C)C)CCCCCCC(=O)NCCCCCCN2C(=O)C=CC2=O)=[N+](CCS(=O)(=O)O)c2ccc(S(=O)(=O)[O-])cc21. The first-order chi connectivity index (χ1) is 33.0. The van der Waals surface area contributed by atoms with Crippen LogP contribution in [0.25, 0.3) is 0 Å². The standard InChI is InChI=1S/C48H62N4O15S4/c1-47(2)38-33-36(70(62,63)64)21-23-40(38)50(29-31-68(56,57)58)42(47)18-13-16-35(15-9-5-6-10-20-44(53)49-27-11-7-8-12-28-52-45(54)25-26-46(52)55)17-14-19-43-48(3,4)39-34-37(71(65,66)67)22-24-41(39)51(43)30-32-69(59,60)61/h13-14,16-19,21-26,33-34H,5-12,15,20,27-32H2,1-4H3,(H4-,49,53,56,57,58,59,60,61,62,63,64,65,66,67). The first-order valence-corrected chi connectivity index (χ1v) is 29.2. The Morgan fingerprint density at radius 1 is 0.704 bits per heavy atom. The van der Waals surface area contributed by atoms with Crippen LogP contribution >= 0.6 is 0 Å². The van der Waals surface area contributed by atoms with Crippen molar-refractivity contribution in [3.8, 4) is 0 Å². The van der Waals surface area contributed by atoms with E-state index in [1.165, 1.54) is 47.4 Å². The minimum atomic E-state index is -4.83. The molecule has 0 saturated heterocycles. The molecule has 3 aliphatic rings. The normalized spacial score (nSPS) is 17.7. The lowest BCUT2D eigenvalue weighted by molar-refractivity contribution is -0.432. The number of fused-ring (bicyclic) bond motifs is 2. The zero-order valence-electron chi connectivity index (χ0n) is 40.1. The Hall–Kier alpha value is -5.14. The molecule has 23 heteroatoms. The highest BCUT2D eigenvalue weighted by atomic mass is 32.2. The Morgan fingerprint density at radius 3 is 1.94 bits per heavy atom. The largest absolute Gasteiger partial charge is 0.744 e. The van der Waals surface area contributed by atoms with E-state index in [2.05, 4.69) is 5.32 Å². The highest BCUT2D eigenvalue weighted by Crippen LogP contribution is 2.48. The Morgan fingerprint density at radius 2 is 1.31 bits per heavy atom. The van der Waals surface area contributed by atoms with E-state index in [1.807, 2.05) is 12.2 Å². The van der Waals surface area contributed by atoms with E-state index in [9.17, 15) is 66.3 Å². The predicted octanol–water partition coefficient (Wildman–Crippen LogP) is 5.65. The number of imide groups is 1. The fourth-order valence-electron chi connectivity index (χ4n) is 8.95. The van der Waals surface area contributed by atoms with Crippen molar-refractivity contribution in [2.45, 2.75) is 113 Å². The third-order valence-corrected chi connectivity index (χ3v) is 15.8. The highest BCUT2D eigenvalue weighted by Gasteiger charge is 2.45. The van der Waals surface area contributed by atoms with Gasteiger partial charge in [-0.2, -0.15) is 29.8 Å². The van der Waals surface area contributed by atoms with E-state index >= 15 is 0 Å². The zero-order valence-corrected chi connectivity index (χ0v) is 43.4. The van der Waals surface area contributed by atoms with Gasteiger partial charge in [-0.05, 0) is 93.5 Å². The molecule has 388 valence electrons. The zero-order chi connectivity index (χ0) is 52.6. The summed E-state index contributed by atoms with van der Waals surface area (Å²) < 4.78 is 138. The van der Waals surface area contributed by atoms with Crippen LogP contribution < -0.4 is 10.2 Å². The molecule has 2 aromatic carbocycles. The molecule has 0 aliphatic carbocycles. The molecule has 0 fully saturated rings. The van der Waals surface area contributed by atoms with Crippen LogP contribution in [0.2, 0.25) is 0 Å². The van der Waals surface area contributed by atoms with Gasteiger partial charge in [-0.1, -0.05) is 63.8 Å². The van der Waals surface area contributed by atoms with E-state index in [-0.39, 0.29) is 35.7 Å². The second-order valence-corrected chi connectivity index (χ2v) is 24.6. The number of benzene rings is 2. The summed E-state index contributed by atoms with van der Waals surface area (Å²) in [5.74, 6) is -1.94. The van der Waals surface area contributed by atoms with Crippen LogP contribution in [0.1, 0.15) is 103 Å². The molecule has 0 spiro atoms. The average Bonchev–Trinajstić information content (AvgIpc) is 3.78. The quantitative estimate of drug-likeness (QED) is 0.0291. The number of nitrogens with one attached hydrogen (secondary N) is 1. The number of nitrogens with zero attached hydrogens (tertiary/aromatic N) is 3. The van der Waals surface area contributed by atoms with Crippen LogP contribution in [-0.4, -0.2) is 122 Å². The number of allylic oxidation sites excluding steroid dienone is 8. The van der Waals surface area contributed by atoms with Crippen LogP contribution in [0.5, 0.6) is 0 Å². The van der Waals surface area contributed by atoms with Gasteiger partial charge in [0.25, 0.3) is 42.2 Å². The minimum absolute atomic E-state index is 0.0612. The third-order valence-electron chi connectivity index (χ3n) is 12.7. The van der Waals surface area contributed by atoms with E-state index in [4.69, 9.17) is 0 Å². The van der Waals surface area contributed by atoms with Gasteiger partial charge in [0.15, 0.2) is 12.3 Å². The Labute approximate surface area is 416 Å². The van der Waals surface area contributed by atoms with Crippen molar-refractivity contribution in [3.05, 3.63) is 107 Å². The van der Waals surface area contributed by atoms with Crippen molar-refractivity contribution in [2.75, 3.05) is 42.6 Å². The number of hydrogen-bond donors (Lipinski definition) is 4. The third kappa shape index (κ3) is 15.4. The van der Waals surface area contributed by atoms with Gasteiger partial charge in [0.2, 0.25) is 11.6 Å². The number of carbonyl (C=O) groups is 3. The topological polar surface area (TPSA) is 293 Å². The average molecular weight is 1060 g/mol. The molecule has 0 atom stereocenters. The van der Waals surface area contributed by atoms with Crippen LogP contribution in [0, 0.1) is 0 Å². The van der Waals surface area contributed by atoms with E-state index in [1.54, 1.807) is 61.5 Å². The fourth-order valence-corrected chi connectivity index (χ4v) is 10.8. The smallest absolute Gasteiger partial charge is 0.294 e. The summed E-state index contributed by atoms with van der Waals surface area (Å²) in [6.45, 7) is 7.70. The van der Waals surface area contributed by atoms with E-state index < -0.39 is 67.7 Å². The molecule has 4 N–H and O–H groups in total. The Kier molecular flexibility index (Phi) is 18.5. The molecule has 0 radical (unpaired) electrons. The summed E-state index contributed by atoms with van der Waals surface area (Å²) in [6.07, 6.45) is 20.0. The van der Waals surface area contributed by atoms with Crippen molar-refractivity contribution in [2.24, 2.45) is 0 Å². The fraction of sp³-hybridized carbons (Fsp3) is 0.458. The number of anilines is 1. The molecular weight excluding hydrogens is 1000 g/mol. The maximum Gasteiger partial charge on any atom is 0.294 e. The number of hydrogen-bond acceptors (Lipinski definition) is 13. The van der Waals surface area contributed by atoms with Gasteiger partial charge >= 0.3 is 0 Å². The molecule has 19 nitrogen and oxygen atoms in total. The number of amides is 3. The van der Waals surface area contributed by atoms with Crippen LogP contribution in [0.4, 0.5) is 11.4 Å². The number of unbranched alkanes of at least 4 members (excludes halogenated alkanes) is 6. The van der Waals surface area contributed by atoms with Crippen molar-refractivity contribution in [1.29, 1.82) is 0 Å². The first-order valence-electron chi connectivity index (χ1n) is 23.1. The molecule has 0 aromatic heterocycles. The molecule has 3 aliphatic heterocycles. The van der Waals surface area contributed by atoms with E-state index in [0.29, 0.717) is 79.1 Å². The molecule has 0 unspecified atom stereocenters. The summed E-state index contributed by atoms with van der Waals surface area (Å²) in [6, 6.07) is 7.82. The van der Waals surface area contributed by atoms with Gasteiger partial charge in [-0.3, -0.25) is 32.9 Å². The lowest BCUT2D eigenvalue weighted by atomic mass is 9.81. The highest BCUT2D eigenvalue weighted by molar-refractivity contribution is 7.86. The van der Waals surface area contributed by atoms with Crippen molar-refractivity contribution >= 4 is 75.3 Å². The Bertz CT molecular complexity index is 3020. The lowest BCUT2D eigenvalue weighted by Crippen LogP contribution is -2.30. The van der Waals surface area contributed by atoms with Gasteiger partial charge in [0, 0.05) is 72.7 Å². The van der Waals surface area contributed by atoms with Gasteiger partial charge in [-0.25, -0.2) is 8.42 Å². The van der Waals surface area contributed by atoms with Crippen LogP contribution in [-0.2, 0) is 65.7 Å². The first kappa shape index (κ1) is 56.8. The van der Waals surface area contributed by atoms with Gasteiger partial charge < -0.3 is 14.8 Å². The summed E-state index contributed by atoms with van der Waals surface area (Å²) in [7, 11) is -18.2. The summed E-state index contributed by atoms with van der Waals surface area (Å²) in [4.78, 5) is 38.0. The predicted molar refractivity (Wildman–Crippen MR) is 266 cm³/mol. The van der Waals surface area contributed by atoms with Gasteiger partial charge in [0.1, 0.15) is 15.9 Å². The van der Waals surface area contributed by atoms with E-state index in [0.717, 1.165) is 43.7 Å². The second kappa shape index (κ2) is 23.2. The lowest BCUT2D eigenvalue weighted by Gasteiger charge is -2.26. The number of rotatable bonds is 26. The monoisotopic (exact) mass is 1060 g/mol. The maximum atomic E-state index is 12.6. The molecule has 2 aromatic rings. The molecule has 5 rings (SSSR count). The van der Waals surface area contributed by atoms with Crippen molar-refractivity contribution < 1.29 is 70.8 Å². The van der Waals surface area contributed by atoms with Crippen molar-refractivity contribution in [3.63, 3.8) is 0 Å². The summed E-state index contributed by atoms with van der Waals surface area (Å²) >= 11 is 0.